The van der Waals surface area contributed by atoms with Crippen molar-refractivity contribution >= 4 is 34.8 Å². The van der Waals surface area contributed by atoms with E-state index in [0.29, 0.717) is 35.1 Å². The third-order valence-corrected chi connectivity index (χ3v) is 8.11. The molecule has 2 aliphatic heterocycles. The Morgan fingerprint density at radius 1 is 0.951 bits per heavy atom. The Labute approximate surface area is 247 Å². The van der Waals surface area contributed by atoms with E-state index in [1.54, 1.807) is 35.3 Å². The average Bonchev–Trinajstić information content (AvgIpc) is 3.42. The fourth-order valence-corrected chi connectivity index (χ4v) is 5.96. The van der Waals surface area contributed by atoms with Gasteiger partial charge in [-0.15, -0.1) is 5.10 Å². The van der Waals surface area contributed by atoms with Gasteiger partial charge in [0.25, 0.3) is 5.56 Å². The fraction of sp³-hybridized carbons (Fsp3) is 0.345. The molecular weight excluding hydrogens is 563 g/mol. The Balaban J connectivity index is 1.38. The highest BCUT2D eigenvalue weighted by atomic mass is 35.5. The third kappa shape index (κ3) is 5.86. The van der Waals surface area contributed by atoms with Crippen LogP contribution < -0.4 is 21.1 Å². The number of benzene rings is 2. The summed E-state index contributed by atoms with van der Waals surface area (Å²) in [6.45, 7) is 2.76. The lowest BCUT2D eigenvalue weighted by Crippen LogP contribution is -2.58. The number of nitrogens with zero attached hydrogens (tertiary/aromatic N) is 6. The molecule has 1 fully saturated rings. The zero-order chi connectivity index (χ0) is 28.3. The van der Waals surface area contributed by atoms with Crippen molar-refractivity contribution in [1.82, 2.24) is 35.2 Å². The Morgan fingerprint density at radius 3 is 2.68 bits per heavy atom. The lowest BCUT2D eigenvalue weighted by molar-refractivity contribution is -0.122. The lowest BCUT2D eigenvalue weighted by atomic mass is 9.98. The minimum Gasteiger partial charge on any atom is -0.357 e. The van der Waals surface area contributed by atoms with Crippen LogP contribution in [0, 0.1) is 0 Å². The van der Waals surface area contributed by atoms with Gasteiger partial charge in [-0.05, 0) is 48.7 Å². The molecule has 0 radical (unpaired) electrons. The van der Waals surface area contributed by atoms with Crippen LogP contribution in [0.25, 0.3) is 16.9 Å². The highest BCUT2D eigenvalue weighted by Gasteiger charge is 2.29. The second-order valence-corrected chi connectivity index (χ2v) is 11.2. The molecule has 0 spiro atoms. The first-order valence-corrected chi connectivity index (χ1v) is 14.5. The molecule has 2 atom stereocenters. The van der Waals surface area contributed by atoms with Crippen molar-refractivity contribution in [2.45, 2.75) is 37.8 Å². The maximum atomic E-state index is 13.7. The number of piperazine rings is 1. The molecular formula is C29H30Cl2N8O2. The number of carbonyl (C=O) groups excluding carboxylic acids is 1. The summed E-state index contributed by atoms with van der Waals surface area (Å²) in [4.78, 5) is 33.6. The summed E-state index contributed by atoms with van der Waals surface area (Å²) < 4.78 is 3.24. The average molecular weight is 594 g/mol. The SMILES string of the molecule is O=C1NCCCCCC(n2cnc(-c3cc(Cl)ccc3-n3cc(Cl)nn3)cc2=O)c2cccc(c2)N2CCNC[C@@H]12. The zero-order valence-corrected chi connectivity index (χ0v) is 23.9. The smallest absolute Gasteiger partial charge is 0.254 e. The normalized spacial score (nSPS) is 19.9. The minimum atomic E-state index is -0.284. The van der Waals surface area contributed by atoms with Crippen molar-refractivity contribution in [3.8, 4) is 16.9 Å². The molecule has 0 saturated carbocycles. The molecule has 0 aliphatic carbocycles. The fourth-order valence-electron chi connectivity index (χ4n) is 5.66. The molecule has 2 aliphatic rings. The number of carbonyl (C=O) groups is 1. The summed E-state index contributed by atoms with van der Waals surface area (Å²) in [5.74, 6) is 0.0444. The van der Waals surface area contributed by atoms with Crippen molar-refractivity contribution in [3.05, 3.63) is 87.1 Å². The van der Waals surface area contributed by atoms with Crippen LogP contribution in [0.2, 0.25) is 10.2 Å². The third-order valence-electron chi connectivity index (χ3n) is 7.70. The highest BCUT2D eigenvalue weighted by Crippen LogP contribution is 2.31. The number of hydrogen-bond acceptors (Lipinski definition) is 7. The molecule has 1 unspecified atom stereocenters. The van der Waals surface area contributed by atoms with E-state index >= 15 is 0 Å². The van der Waals surface area contributed by atoms with Crippen LogP contribution in [0.3, 0.4) is 0 Å². The van der Waals surface area contributed by atoms with Gasteiger partial charge in [0, 0.05) is 48.5 Å². The van der Waals surface area contributed by atoms with Crippen molar-refractivity contribution in [2.75, 3.05) is 31.1 Å². The van der Waals surface area contributed by atoms with E-state index < -0.39 is 0 Å². The lowest BCUT2D eigenvalue weighted by Gasteiger charge is -2.37. The van der Waals surface area contributed by atoms with Crippen LogP contribution in [0.1, 0.15) is 37.3 Å². The number of nitrogens with one attached hydrogen (secondary N) is 2. The van der Waals surface area contributed by atoms with Crippen molar-refractivity contribution in [1.29, 1.82) is 0 Å². The Morgan fingerprint density at radius 2 is 1.85 bits per heavy atom. The van der Waals surface area contributed by atoms with Crippen molar-refractivity contribution < 1.29 is 4.79 Å². The zero-order valence-electron chi connectivity index (χ0n) is 22.3. The largest absolute Gasteiger partial charge is 0.357 e. The maximum absolute atomic E-state index is 13.7. The van der Waals surface area contributed by atoms with Gasteiger partial charge in [0.1, 0.15) is 6.04 Å². The molecule has 1 saturated heterocycles. The maximum Gasteiger partial charge on any atom is 0.254 e. The van der Waals surface area contributed by atoms with Gasteiger partial charge >= 0.3 is 0 Å². The van der Waals surface area contributed by atoms with Crippen LogP contribution >= 0.6 is 23.2 Å². The number of hydrogen-bond donors (Lipinski definition) is 2. The molecule has 4 aromatic rings. The van der Waals surface area contributed by atoms with Gasteiger partial charge in [-0.1, -0.05) is 53.4 Å². The first-order valence-electron chi connectivity index (χ1n) is 13.8. The Bertz CT molecular complexity index is 1620. The molecule has 2 bridgehead atoms. The van der Waals surface area contributed by atoms with Gasteiger partial charge in [0.05, 0.1) is 29.9 Å². The summed E-state index contributed by atoms with van der Waals surface area (Å²) in [6.07, 6.45) is 6.69. The summed E-state index contributed by atoms with van der Waals surface area (Å²) in [5, 5.41) is 15.1. The number of halogens is 2. The van der Waals surface area contributed by atoms with E-state index in [4.69, 9.17) is 28.2 Å². The Hall–Kier alpha value is -3.73. The second-order valence-electron chi connectivity index (χ2n) is 10.3. The number of aromatic nitrogens is 5. The molecule has 6 rings (SSSR count). The van der Waals surface area contributed by atoms with Crippen LogP contribution in [-0.2, 0) is 4.79 Å². The van der Waals surface area contributed by atoms with E-state index in [9.17, 15) is 9.59 Å². The molecule has 4 heterocycles. The van der Waals surface area contributed by atoms with E-state index in [-0.39, 0.29) is 28.7 Å². The predicted molar refractivity (Wildman–Crippen MR) is 159 cm³/mol. The van der Waals surface area contributed by atoms with Gasteiger partial charge < -0.3 is 15.5 Å². The predicted octanol–water partition coefficient (Wildman–Crippen LogP) is 3.86. The molecule has 212 valence electrons. The van der Waals surface area contributed by atoms with E-state index in [1.807, 2.05) is 12.1 Å². The van der Waals surface area contributed by atoms with Gasteiger partial charge in [0.15, 0.2) is 5.15 Å². The van der Waals surface area contributed by atoms with Gasteiger partial charge in [-0.3, -0.25) is 14.2 Å². The molecule has 41 heavy (non-hydrogen) atoms. The van der Waals surface area contributed by atoms with Gasteiger partial charge in [0.2, 0.25) is 5.91 Å². The van der Waals surface area contributed by atoms with Gasteiger partial charge in [-0.25, -0.2) is 9.67 Å². The van der Waals surface area contributed by atoms with Crippen molar-refractivity contribution in [2.24, 2.45) is 0 Å². The number of rotatable bonds is 3. The van der Waals surface area contributed by atoms with Crippen LogP contribution in [-0.4, -0.2) is 62.7 Å². The van der Waals surface area contributed by atoms with Crippen LogP contribution in [0.15, 0.2) is 65.8 Å². The first-order chi connectivity index (χ1) is 20.0. The number of anilines is 1. The molecule has 2 N–H and O–H groups in total. The van der Waals surface area contributed by atoms with Crippen molar-refractivity contribution in [3.63, 3.8) is 0 Å². The topological polar surface area (TPSA) is 110 Å². The highest BCUT2D eigenvalue weighted by molar-refractivity contribution is 6.31. The molecule has 2 aromatic heterocycles. The summed E-state index contributed by atoms with van der Waals surface area (Å²) >= 11 is 12.3. The van der Waals surface area contributed by atoms with Crippen LogP contribution in [0.5, 0.6) is 0 Å². The summed E-state index contributed by atoms with van der Waals surface area (Å²) in [7, 11) is 0. The summed E-state index contributed by atoms with van der Waals surface area (Å²) in [5.41, 5.74) is 3.58. The van der Waals surface area contributed by atoms with Gasteiger partial charge in [-0.2, -0.15) is 0 Å². The van der Waals surface area contributed by atoms with E-state index in [0.717, 1.165) is 50.0 Å². The second kappa shape index (κ2) is 12.0. The molecule has 10 nitrogen and oxygen atoms in total. The standard InChI is InChI=1S/C29H30Cl2N8O2/c30-20-8-9-25(39-17-27(31)35-36-39)22(14-20)23-15-28(40)38(18-34-23)24-7-2-1-3-10-33-29(41)26-16-32-11-12-37(26)21-6-4-5-19(24)13-21/h4-6,8-9,13-15,17-18,24,26,32H,1-3,7,10-12,16H2,(H,33,41)/t24?,26-/m0/s1. The van der Waals surface area contributed by atoms with Crippen LogP contribution in [0.4, 0.5) is 5.69 Å². The first kappa shape index (κ1) is 27.4. The number of fused-ring (bicyclic) bond motifs is 4. The Kier molecular flexibility index (Phi) is 8.04. The van der Waals surface area contributed by atoms with E-state index in [2.05, 4.69) is 38.0 Å². The summed E-state index contributed by atoms with van der Waals surface area (Å²) in [6, 6.07) is 14.5. The number of amides is 1. The molecule has 12 heteroatoms. The molecule has 1 amide bonds. The van der Waals surface area contributed by atoms with E-state index in [1.165, 1.54) is 10.7 Å². The molecule has 2 aromatic carbocycles. The minimum absolute atomic E-state index is 0.0444. The quantitative estimate of drug-likeness (QED) is 0.372. The monoisotopic (exact) mass is 592 g/mol.